The molecule has 0 unspecified atom stereocenters. The Bertz CT molecular complexity index is 958. The second-order valence-corrected chi connectivity index (χ2v) is 9.47. The predicted molar refractivity (Wildman–Crippen MR) is 109 cm³/mol. The maximum atomic E-state index is 13.2. The third-order valence-electron chi connectivity index (χ3n) is 5.86. The number of Topliss-reactive ketones (excluding diaryl/α,β-unsaturated/α-hetero) is 2. The van der Waals surface area contributed by atoms with Crippen LogP contribution in [0.4, 0.5) is 0 Å². The summed E-state index contributed by atoms with van der Waals surface area (Å²) in [6.07, 6.45) is 3.35. The van der Waals surface area contributed by atoms with Gasteiger partial charge in [0.15, 0.2) is 23.1 Å². The van der Waals surface area contributed by atoms with Crippen molar-refractivity contribution in [3.05, 3.63) is 44.7 Å². The first-order chi connectivity index (χ1) is 13.2. The highest BCUT2D eigenvalue weighted by Crippen LogP contribution is 2.50. The van der Waals surface area contributed by atoms with Crippen LogP contribution in [0.3, 0.4) is 0 Å². The highest BCUT2D eigenvalue weighted by molar-refractivity contribution is 9.10. The quantitative estimate of drug-likeness (QED) is 0.700. The highest BCUT2D eigenvalue weighted by atomic mass is 79.9. The van der Waals surface area contributed by atoms with Gasteiger partial charge in [-0.3, -0.25) is 9.59 Å². The van der Waals surface area contributed by atoms with Gasteiger partial charge in [0.25, 0.3) is 0 Å². The molecule has 1 atom stereocenters. The lowest BCUT2D eigenvalue weighted by atomic mass is 9.67. The van der Waals surface area contributed by atoms with E-state index in [4.69, 9.17) is 4.74 Å². The third-order valence-corrected chi connectivity index (χ3v) is 6.46. The number of phenols is 1. The van der Waals surface area contributed by atoms with Crippen LogP contribution >= 0.6 is 15.9 Å². The molecule has 2 aliphatic carbocycles. The summed E-state index contributed by atoms with van der Waals surface area (Å²) in [7, 11) is 1.49. The van der Waals surface area contributed by atoms with Crippen molar-refractivity contribution in [3.8, 4) is 11.5 Å². The minimum absolute atomic E-state index is 0.00895. The zero-order valence-corrected chi connectivity index (χ0v) is 17.9. The molecular formula is C22H24BrNO4. The fraction of sp³-hybridized carbons (Fsp3) is 0.455. The molecule has 148 valence electrons. The molecule has 5 nitrogen and oxygen atoms in total. The van der Waals surface area contributed by atoms with E-state index < -0.39 is 5.92 Å². The number of aromatic hydroxyl groups is 1. The Hall–Kier alpha value is -2.08. The van der Waals surface area contributed by atoms with Gasteiger partial charge in [0.05, 0.1) is 11.6 Å². The van der Waals surface area contributed by atoms with Gasteiger partial charge in [0.1, 0.15) is 0 Å². The first-order valence-corrected chi connectivity index (χ1v) is 10.4. The lowest BCUT2D eigenvalue weighted by Crippen LogP contribution is -2.40. The van der Waals surface area contributed by atoms with E-state index in [0.29, 0.717) is 34.2 Å². The lowest BCUT2D eigenvalue weighted by Gasteiger charge is -2.41. The number of hydrogen-bond donors (Lipinski definition) is 2. The van der Waals surface area contributed by atoms with Crippen LogP contribution in [0, 0.1) is 5.41 Å². The van der Waals surface area contributed by atoms with Gasteiger partial charge in [-0.15, -0.1) is 0 Å². The Morgan fingerprint density at radius 3 is 2.54 bits per heavy atom. The summed E-state index contributed by atoms with van der Waals surface area (Å²) in [5.41, 5.74) is 3.92. The number of halogens is 1. The SMILES string of the molecule is COc1cc([C@@H]2C3=C(CCCC3=O)NC3=C2C(=O)CC(C)(C)C3)cc(Br)c1O. The number of rotatable bonds is 2. The Morgan fingerprint density at radius 1 is 1.11 bits per heavy atom. The molecular weight excluding hydrogens is 422 g/mol. The molecule has 0 fully saturated rings. The van der Waals surface area contributed by atoms with E-state index in [0.717, 1.165) is 36.2 Å². The molecule has 6 heteroatoms. The molecule has 28 heavy (non-hydrogen) atoms. The van der Waals surface area contributed by atoms with E-state index in [1.54, 1.807) is 12.1 Å². The number of carbonyl (C=O) groups is 2. The molecule has 0 spiro atoms. The van der Waals surface area contributed by atoms with Gasteiger partial charge >= 0.3 is 0 Å². The fourth-order valence-corrected chi connectivity index (χ4v) is 5.15. The lowest BCUT2D eigenvalue weighted by molar-refractivity contribution is -0.118. The molecule has 0 aromatic heterocycles. The van der Waals surface area contributed by atoms with Crippen molar-refractivity contribution < 1.29 is 19.4 Å². The van der Waals surface area contributed by atoms with Crippen LogP contribution in [0.25, 0.3) is 0 Å². The highest BCUT2D eigenvalue weighted by Gasteiger charge is 2.44. The number of ether oxygens (including phenoxy) is 1. The monoisotopic (exact) mass is 445 g/mol. The first-order valence-electron chi connectivity index (χ1n) is 9.58. The number of nitrogens with one attached hydrogen (secondary N) is 1. The van der Waals surface area contributed by atoms with Crippen molar-refractivity contribution in [2.24, 2.45) is 5.41 Å². The van der Waals surface area contributed by atoms with Gasteiger partial charge in [0, 0.05) is 41.3 Å². The number of hydrogen-bond acceptors (Lipinski definition) is 5. The summed E-state index contributed by atoms with van der Waals surface area (Å²) in [6.45, 7) is 4.20. The number of ketones is 2. The molecule has 0 bridgehead atoms. The van der Waals surface area contributed by atoms with E-state index in [9.17, 15) is 14.7 Å². The average molecular weight is 446 g/mol. The van der Waals surface area contributed by atoms with Crippen LogP contribution in [-0.4, -0.2) is 23.8 Å². The molecule has 1 aromatic rings. The van der Waals surface area contributed by atoms with Crippen molar-refractivity contribution in [2.75, 3.05) is 7.11 Å². The first kappa shape index (κ1) is 19.2. The Morgan fingerprint density at radius 2 is 1.82 bits per heavy atom. The Labute approximate surface area is 173 Å². The van der Waals surface area contributed by atoms with E-state index in [2.05, 4.69) is 35.1 Å². The topological polar surface area (TPSA) is 75.6 Å². The van der Waals surface area contributed by atoms with Gasteiger partial charge in [-0.1, -0.05) is 13.8 Å². The molecule has 4 rings (SSSR count). The van der Waals surface area contributed by atoms with Crippen LogP contribution in [0.15, 0.2) is 39.1 Å². The van der Waals surface area contributed by atoms with E-state index in [1.807, 2.05) is 0 Å². The van der Waals surface area contributed by atoms with Crippen molar-refractivity contribution in [2.45, 2.75) is 51.9 Å². The normalized spacial score (nSPS) is 23.9. The smallest absolute Gasteiger partial charge is 0.172 e. The van der Waals surface area contributed by atoms with Crippen LogP contribution in [0.1, 0.15) is 57.4 Å². The summed E-state index contributed by atoms with van der Waals surface area (Å²) < 4.78 is 5.80. The molecule has 3 aliphatic rings. The van der Waals surface area contributed by atoms with E-state index in [-0.39, 0.29) is 22.7 Å². The second kappa shape index (κ2) is 6.76. The van der Waals surface area contributed by atoms with Crippen molar-refractivity contribution in [3.63, 3.8) is 0 Å². The predicted octanol–water partition coefficient (Wildman–Crippen LogP) is 4.50. The maximum Gasteiger partial charge on any atom is 0.172 e. The van der Waals surface area contributed by atoms with Crippen LogP contribution in [0.5, 0.6) is 11.5 Å². The number of phenolic OH excluding ortho intramolecular Hbond substituents is 1. The number of dihydropyridines is 1. The van der Waals surface area contributed by atoms with Crippen molar-refractivity contribution >= 4 is 27.5 Å². The molecule has 2 N–H and O–H groups in total. The number of benzene rings is 1. The second-order valence-electron chi connectivity index (χ2n) is 8.61. The molecule has 1 aliphatic heterocycles. The molecule has 0 saturated carbocycles. The van der Waals surface area contributed by atoms with Gasteiger partial charge in [0.2, 0.25) is 0 Å². The molecule has 0 radical (unpaired) electrons. The van der Waals surface area contributed by atoms with Crippen LogP contribution in [-0.2, 0) is 9.59 Å². The van der Waals surface area contributed by atoms with Crippen LogP contribution in [0.2, 0.25) is 0 Å². The number of methoxy groups -OCH3 is 1. The summed E-state index contributed by atoms with van der Waals surface area (Å²) in [5.74, 6) is 0.0742. The molecule has 1 aromatic carbocycles. The van der Waals surface area contributed by atoms with Gasteiger partial charge in [-0.05, 0) is 58.3 Å². The summed E-state index contributed by atoms with van der Waals surface area (Å²) >= 11 is 3.38. The standard InChI is InChI=1S/C22H24BrNO4/c1-22(2)9-14-20(16(26)10-22)18(19-13(24-14)5-4-6-15(19)25)11-7-12(23)21(27)17(8-11)28-3/h7-8,18,24,27H,4-6,9-10H2,1-3H3/t18-/m1/s1. The molecule has 1 heterocycles. The summed E-state index contributed by atoms with van der Waals surface area (Å²) in [6, 6.07) is 3.53. The minimum atomic E-state index is -0.423. The zero-order chi connectivity index (χ0) is 20.2. The number of allylic oxidation sites excluding steroid dienone is 4. The summed E-state index contributed by atoms with van der Waals surface area (Å²) in [4.78, 5) is 26.1. The van der Waals surface area contributed by atoms with Crippen molar-refractivity contribution in [1.29, 1.82) is 0 Å². The Kier molecular flexibility index (Phi) is 4.65. The van der Waals surface area contributed by atoms with Crippen molar-refractivity contribution in [1.82, 2.24) is 5.32 Å². The molecule has 0 amide bonds. The van der Waals surface area contributed by atoms with E-state index >= 15 is 0 Å². The third kappa shape index (κ3) is 3.08. The number of carbonyl (C=O) groups excluding carboxylic acids is 2. The maximum absolute atomic E-state index is 13.2. The minimum Gasteiger partial charge on any atom is -0.503 e. The van der Waals surface area contributed by atoms with Gasteiger partial charge in [-0.25, -0.2) is 0 Å². The van der Waals surface area contributed by atoms with Crippen LogP contribution < -0.4 is 10.1 Å². The fourth-order valence-electron chi connectivity index (χ4n) is 4.69. The van der Waals surface area contributed by atoms with Gasteiger partial charge in [-0.2, -0.15) is 0 Å². The molecule has 0 saturated heterocycles. The average Bonchev–Trinajstić information content (AvgIpc) is 2.61. The Balaban J connectivity index is 1.94. The summed E-state index contributed by atoms with van der Waals surface area (Å²) in [5, 5.41) is 13.7. The van der Waals surface area contributed by atoms with E-state index in [1.165, 1.54) is 7.11 Å². The van der Waals surface area contributed by atoms with Gasteiger partial charge < -0.3 is 15.2 Å². The zero-order valence-electron chi connectivity index (χ0n) is 16.3. The largest absolute Gasteiger partial charge is 0.503 e.